The highest BCUT2D eigenvalue weighted by Gasteiger charge is 2.18. The van der Waals surface area contributed by atoms with Gasteiger partial charge in [0.05, 0.1) is 5.56 Å². The molecular formula is C15H17F2N3O2S. The maximum atomic E-state index is 12.4. The maximum absolute atomic E-state index is 12.4. The summed E-state index contributed by atoms with van der Waals surface area (Å²) in [6.45, 7) is 1.13. The molecule has 2 aromatic rings. The Morgan fingerprint density at radius 1 is 1.26 bits per heavy atom. The van der Waals surface area contributed by atoms with Crippen LogP contribution >= 0.6 is 11.3 Å². The van der Waals surface area contributed by atoms with Crippen molar-refractivity contribution in [1.29, 1.82) is 0 Å². The van der Waals surface area contributed by atoms with E-state index in [2.05, 4.69) is 34.1 Å². The first-order chi connectivity index (χ1) is 11.0. The average molecular weight is 341 g/mol. The molecule has 0 fully saturated rings. The fourth-order valence-corrected chi connectivity index (χ4v) is 3.11. The van der Waals surface area contributed by atoms with Crippen molar-refractivity contribution in [2.45, 2.75) is 39.2 Å². The van der Waals surface area contributed by atoms with E-state index in [0.29, 0.717) is 11.0 Å². The standard InChI is InChI=1S/C15H17F2N3O2S/c1-3-9(4-2)13-19-20-15(23-13)18-12(21)10-7-5-6-8-11(10)22-14(16)17/h5-9,14H,3-4H2,1-2H3,(H,18,20,21). The summed E-state index contributed by atoms with van der Waals surface area (Å²) < 4.78 is 29.1. The summed E-state index contributed by atoms with van der Waals surface area (Å²) >= 11 is 1.29. The Morgan fingerprint density at radius 3 is 2.61 bits per heavy atom. The van der Waals surface area contributed by atoms with Crippen LogP contribution in [0, 0.1) is 0 Å². The van der Waals surface area contributed by atoms with Crippen LogP contribution in [0.25, 0.3) is 0 Å². The van der Waals surface area contributed by atoms with Gasteiger partial charge in [0.1, 0.15) is 10.8 Å². The molecule has 1 aromatic heterocycles. The highest BCUT2D eigenvalue weighted by Crippen LogP contribution is 2.29. The van der Waals surface area contributed by atoms with E-state index in [4.69, 9.17) is 0 Å². The molecule has 1 heterocycles. The van der Waals surface area contributed by atoms with Crippen molar-refractivity contribution in [2.24, 2.45) is 0 Å². The molecule has 5 nitrogen and oxygen atoms in total. The SMILES string of the molecule is CCC(CC)c1nnc(NC(=O)c2ccccc2OC(F)F)s1. The molecule has 0 aliphatic heterocycles. The van der Waals surface area contributed by atoms with Crippen LogP contribution in [0.1, 0.15) is 48.0 Å². The van der Waals surface area contributed by atoms with Crippen molar-refractivity contribution in [3.05, 3.63) is 34.8 Å². The molecule has 0 saturated heterocycles. The van der Waals surface area contributed by atoms with E-state index in [9.17, 15) is 13.6 Å². The quantitative estimate of drug-likeness (QED) is 0.816. The smallest absolute Gasteiger partial charge is 0.387 e. The third kappa shape index (κ3) is 4.44. The van der Waals surface area contributed by atoms with E-state index in [0.717, 1.165) is 17.8 Å². The lowest BCUT2D eigenvalue weighted by atomic mass is 10.1. The molecule has 8 heteroatoms. The number of carbonyl (C=O) groups is 1. The van der Waals surface area contributed by atoms with Gasteiger partial charge in [-0.05, 0) is 25.0 Å². The monoisotopic (exact) mass is 341 g/mol. The first-order valence-electron chi connectivity index (χ1n) is 7.23. The number of anilines is 1. The number of nitrogens with one attached hydrogen (secondary N) is 1. The Kier molecular flexibility index (Phi) is 5.97. The van der Waals surface area contributed by atoms with Crippen molar-refractivity contribution >= 4 is 22.4 Å². The lowest BCUT2D eigenvalue weighted by Gasteiger charge is -2.09. The van der Waals surface area contributed by atoms with Gasteiger partial charge in [-0.3, -0.25) is 10.1 Å². The second-order valence-corrected chi connectivity index (χ2v) is 5.80. The van der Waals surface area contributed by atoms with Gasteiger partial charge >= 0.3 is 6.61 Å². The predicted octanol–water partition coefficient (Wildman–Crippen LogP) is 4.30. The number of carbonyl (C=O) groups excluding carboxylic acids is 1. The van der Waals surface area contributed by atoms with E-state index in [1.807, 2.05) is 0 Å². The minimum absolute atomic E-state index is 0.0204. The summed E-state index contributed by atoms with van der Waals surface area (Å²) in [4.78, 5) is 12.2. The number of alkyl halides is 2. The Morgan fingerprint density at radius 2 is 1.96 bits per heavy atom. The van der Waals surface area contributed by atoms with Crippen LogP contribution in [0.2, 0.25) is 0 Å². The summed E-state index contributed by atoms with van der Waals surface area (Å²) in [7, 11) is 0. The fraction of sp³-hybridized carbons (Fsp3) is 0.400. The van der Waals surface area contributed by atoms with Gasteiger partial charge in [-0.1, -0.05) is 37.3 Å². The van der Waals surface area contributed by atoms with Crippen LogP contribution in [0.4, 0.5) is 13.9 Å². The van der Waals surface area contributed by atoms with E-state index in [1.165, 1.54) is 29.5 Å². The highest BCUT2D eigenvalue weighted by atomic mass is 32.1. The second-order valence-electron chi connectivity index (χ2n) is 4.79. The second kappa shape index (κ2) is 7.96. The molecule has 0 unspecified atom stereocenters. The van der Waals surface area contributed by atoms with Gasteiger partial charge in [0, 0.05) is 5.92 Å². The lowest BCUT2D eigenvalue weighted by Crippen LogP contribution is -2.14. The van der Waals surface area contributed by atoms with Crippen LogP contribution in [0.5, 0.6) is 5.75 Å². The third-order valence-corrected chi connectivity index (χ3v) is 4.34. The Bertz CT molecular complexity index is 660. The molecule has 0 spiro atoms. The predicted molar refractivity (Wildman–Crippen MR) is 84.3 cm³/mol. The Balaban J connectivity index is 2.14. The molecule has 23 heavy (non-hydrogen) atoms. The summed E-state index contributed by atoms with van der Waals surface area (Å²) in [5, 5.41) is 11.8. The van der Waals surface area contributed by atoms with Gasteiger partial charge in [0.2, 0.25) is 5.13 Å². The van der Waals surface area contributed by atoms with Gasteiger partial charge in [0.15, 0.2) is 0 Å². The molecule has 124 valence electrons. The van der Waals surface area contributed by atoms with Gasteiger partial charge < -0.3 is 4.74 Å². The molecule has 0 bridgehead atoms. The highest BCUT2D eigenvalue weighted by molar-refractivity contribution is 7.15. The van der Waals surface area contributed by atoms with Crippen molar-refractivity contribution in [3.8, 4) is 5.75 Å². The van der Waals surface area contributed by atoms with Gasteiger partial charge in [0.25, 0.3) is 5.91 Å². The molecule has 0 radical (unpaired) electrons. The van der Waals surface area contributed by atoms with Crippen molar-refractivity contribution < 1.29 is 18.3 Å². The fourth-order valence-electron chi connectivity index (χ4n) is 2.11. The normalized spacial score (nSPS) is 11.0. The lowest BCUT2D eigenvalue weighted by molar-refractivity contribution is -0.0501. The molecule has 0 aliphatic carbocycles. The van der Waals surface area contributed by atoms with Crippen LogP contribution in [0.15, 0.2) is 24.3 Å². The number of hydrogen-bond acceptors (Lipinski definition) is 5. The van der Waals surface area contributed by atoms with E-state index in [1.54, 1.807) is 6.07 Å². The molecule has 0 aliphatic rings. The molecule has 1 amide bonds. The van der Waals surface area contributed by atoms with E-state index in [-0.39, 0.29) is 11.3 Å². The summed E-state index contributed by atoms with van der Waals surface area (Å²) in [5.41, 5.74) is 0.0204. The van der Waals surface area contributed by atoms with Crippen LogP contribution < -0.4 is 10.1 Å². The van der Waals surface area contributed by atoms with Crippen molar-refractivity contribution in [3.63, 3.8) is 0 Å². The number of nitrogens with zero attached hydrogens (tertiary/aromatic N) is 2. The number of benzene rings is 1. The van der Waals surface area contributed by atoms with Gasteiger partial charge in [-0.2, -0.15) is 8.78 Å². The summed E-state index contributed by atoms with van der Waals surface area (Å²) in [6.07, 6.45) is 1.87. The topological polar surface area (TPSA) is 64.1 Å². The van der Waals surface area contributed by atoms with Crippen molar-refractivity contribution in [1.82, 2.24) is 10.2 Å². The van der Waals surface area contributed by atoms with Crippen molar-refractivity contribution in [2.75, 3.05) is 5.32 Å². The minimum atomic E-state index is -2.99. The number of ether oxygens (including phenoxy) is 1. The Hall–Kier alpha value is -2.09. The number of amides is 1. The number of para-hydroxylation sites is 1. The van der Waals surface area contributed by atoms with Crippen LogP contribution in [0.3, 0.4) is 0 Å². The zero-order valence-corrected chi connectivity index (χ0v) is 13.6. The molecule has 0 atom stereocenters. The zero-order valence-electron chi connectivity index (χ0n) is 12.8. The van der Waals surface area contributed by atoms with E-state index < -0.39 is 12.5 Å². The van der Waals surface area contributed by atoms with Crippen LogP contribution in [-0.4, -0.2) is 22.7 Å². The molecule has 2 rings (SSSR count). The Labute approximate surface area is 136 Å². The number of halogens is 2. The molecule has 1 N–H and O–H groups in total. The molecule has 0 saturated carbocycles. The number of aromatic nitrogens is 2. The molecular weight excluding hydrogens is 324 g/mol. The number of rotatable bonds is 7. The zero-order chi connectivity index (χ0) is 16.8. The first-order valence-corrected chi connectivity index (χ1v) is 8.05. The van der Waals surface area contributed by atoms with E-state index >= 15 is 0 Å². The maximum Gasteiger partial charge on any atom is 0.387 e. The first kappa shape index (κ1) is 17.3. The van der Waals surface area contributed by atoms with Gasteiger partial charge in [-0.25, -0.2) is 0 Å². The average Bonchev–Trinajstić information content (AvgIpc) is 2.96. The minimum Gasteiger partial charge on any atom is -0.434 e. The van der Waals surface area contributed by atoms with Gasteiger partial charge in [-0.15, -0.1) is 10.2 Å². The summed E-state index contributed by atoms with van der Waals surface area (Å²) in [6, 6.07) is 5.82. The third-order valence-electron chi connectivity index (χ3n) is 3.34. The summed E-state index contributed by atoms with van der Waals surface area (Å²) in [5.74, 6) is -0.439. The largest absolute Gasteiger partial charge is 0.434 e. The van der Waals surface area contributed by atoms with Crippen LogP contribution in [-0.2, 0) is 0 Å². The molecule has 1 aromatic carbocycles. The number of hydrogen-bond donors (Lipinski definition) is 1.